The van der Waals surface area contributed by atoms with Gasteiger partial charge in [-0.15, -0.1) is 0 Å². The summed E-state index contributed by atoms with van der Waals surface area (Å²) in [5, 5.41) is 12.1. The standard InChI is InChI=1S/C20H24N2O4/c1-6-7-14-17(13(5)23)12(4)21-18(14)19(24)22-16-9-15(20(25)26)10(2)8-11(16)3/h8-9,21H,6-7H2,1-5H3,(H,22,24)(H,25,26). The average molecular weight is 356 g/mol. The molecule has 0 saturated carbocycles. The Morgan fingerprint density at radius 3 is 2.31 bits per heavy atom. The van der Waals surface area contributed by atoms with Crippen molar-refractivity contribution in [1.29, 1.82) is 0 Å². The lowest BCUT2D eigenvalue weighted by atomic mass is 10.0. The molecule has 0 spiro atoms. The lowest BCUT2D eigenvalue weighted by Gasteiger charge is -2.12. The number of hydrogen-bond donors (Lipinski definition) is 3. The Morgan fingerprint density at radius 1 is 1.12 bits per heavy atom. The average Bonchev–Trinajstić information content (AvgIpc) is 2.86. The van der Waals surface area contributed by atoms with Crippen LogP contribution in [-0.2, 0) is 6.42 Å². The fourth-order valence-electron chi connectivity index (χ4n) is 3.25. The number of hydrogen-bond acceptors (Lipinski definition) is 3. The van der Waals surface area contributed by atoms with Gasteiger partial charge in [0, 0.05) is 16.9 Å². The van der Waals surface area contributed by atoms with Gasteiger partial charge in [-0.3, -0.25) is 9.59 Å². The highest BCUT2D eigenvalue weighted by Crippen LogP contribution is 2.25. The van der Waals surface area contributed by atoms with Crippen molar-refractivity contribution in [3.8, 4) is 0 Å². The van der Waals surface area contributed by atoms with E-state index in [2.05, 4.69) is 10.3 Å². The minimum atomic E-state index is -1.04. The molecule has 0 aliphatic rings. The van der Waals surface area contributed by atoms with Gasteiger partial charge in [-0.25, -0.2) is 4.79 Å². The number of rotatable bonds is 6. The summed E-state index contributed by atoms with van der Waals surface area (Å²) in [5.74, 6) is -1.51. The van der Waals surface area contributed by atoms with Crippen LogP contribution in [0.2, 0.25) is 0 Å². The van der Waals surface area contributed by atoms with Gasteiger partial charge in [-0.2, -0.15) is 0 Å². The summed E-state index contributed by atoms with van der Waals surface area (Å²) < 4.78 is 0. The Balaban J connectivity index is 2.46. The monoisotopic (exact) mass is 356 g/mol. The first-order valence-corrected chi connectivity index (χ1v) is 8.55. The number of aromatic amines is 1. The van der Waals surface area contributed by atoms with Crippen LogP contribution in [0.15, 0.2) is 12.1 Å². The maximum absolute atomic E-state index is 12.8. The molecular weight excluding hydrogens is 332 g/mol. The number of nitrogens with one attached hydrogen (secondary N) is 2. The Hall–Kier alpha value is -2.89. The number of carboxylic acid groups (broad SMARTS) is 1. The number of aromatic carboxylic acids is 1. The summed E-state index contributed by atoms with van der Waals surface area (Å²) in [7, 11) is 0. The first-order valence-electron chi connectivity index (χ1n) is 8.55. The van der Waals surface area contributed by atoms with Crippen molar-refractivity contribution in [1.82, 2.24) is 4.98 Å². The van der Waals surface area contributed by atoms with Crippen molar-refractivity contribution in [2.45, 2.75) is 47.5 Å². The van der Waals surface area contributed by atoms with E-state index in [4.69, 9.17) is 0 Å². The van der Waals surface area contributed by atoms with E-state index >= 15 is 0 Å². The second kappa shape index (κ2) is 7.56. The van der Waals surface area contributed by atoms with Gasteiger partial charge in [0.25, 0.3) is 5.91 Å². The summed E-state index contributed by atoms with van der Waals surface area (Å²) in [6.07, 6.45) is 1.40. The number of carbonyl (C=O) groups is 3. The highest BCUT2D eigenvalue weighted by Gasteiger charge is 2.23. The molecular formula is C20H24N2O4. The lowest BCUT2D eigenvalue weighted by Crippen LogP contribution is -2.16. The molecule has 1 aromatic carbocycles. The van der Waals surface area contributed by atoms with Crippen LogP contribution >= 0.6 is 0 Å². The molecule has 6 nitrogen and oxygen atoms in total. The minimum Gasteiger partial charge on any atom is -0.478 e. The fraction of sp³-hybridized carbons (Fsp3) is 0.350. The molecule has 3 N–H and O–H groups in total. The maximum atomic E-state index is 12.8. The third-order valence-electron chi connectivity index (χ3n) is 4.42. The summed E-state index contributed by atoms with van der Waals surface area (Å²) in [6, 6.07) is 3.19. The molecule has 0 unspecified atom stereocenters. The quantitative estimate of drug-likeness (QED) is 0.680. The number of H-pyrrole nitrogens is 1. The van der Waals surface area contributed by atoms with E-state index in [1.54, 1.807) is 19.9 Å². The molecule has 0 aliphatic carbocycles. The molecule has 2 rings (SSSR count). The van der Waals surface area contributed by atoms with Gasteiger partial charge in [0.15, 0.2) is 5.78 Å². The van der Waals surface area contributed by atoms with Crippen molar-refractivity contribution >= 4 is 23.3 Å². The number of amides is 1. The summed E-state index contributed by atoms with van der Waals surface area (Å²) in [4.78, 5) is 39.1. The summed E-state index contributed by atoms with van der Waals surface area (Å²) >= 11 is 0. The zero-order valence-corrected chi connectivity index (χ0v) is 15.7. The molecule has 0 fully saturated rings. The maximum Gasteiger partial charge on any atom is 0.336 e. The SMILES string of the molecule is CCCc1c(C(=O)Nc2cc(C(=O)O)c(C)cc2C)[nH]c(C)c1C(C)=O. The smallest absolute Gasteiger partial charge is 0.336 e. The number of anilines is 1. The molecule has 0 aliphatic heterocycles. The van der Waals surface area contributed by atoms with Crippen molar-refractivity contribution in [3.05, 3.63) is 51.3 Å². The van der Waals surface area contributed by atoms with Gasteiger partial charge in [0.1, 0.15) is 5.69 Å². The Labute approximate surface area is 152 Å². The van der Waals surface area contributed by atoms with Gasteiger partial charge in [-0.1, -0.05) is 19.4 Å². The minimum absolute atomic E-state index is 0.0825. The molecule has 0 radical (unpaired) electrons. The van der Waals surface area contributed by atoms with Crippen LogP contribution in [0.25, 0.3) is 0 Å². The Bertz CT molecular complexity index is 894. The van der Waals surface area contributed by atoms with E-state index in [1.165, 1.54) is 13.0 Å². The third kappa shape index (κ3) is 3.69. The Kier molecular flexibility index (Phi) is 5.65. The normalized spacial score (nSPS) is 10.7. The zero-order valence-electron chi connectivity index (χ0n) is 15.7. The number of ketones is 1. The summed E-state index contributed by atoms with van der Waals surface area (Å²) in [5.41, 5.74) is 4.28. The molecule has 2 aromatic rings. The molecule has 0 atom stereocenters. The van der Waals surface area contributed by atoms with E-state index in [9.17, 15) is 19.5 Å². The van der Waals surface area contributed by atoms with Gasteiger partial charge in [0.2, 0.25) is 0 Å². The fourth-order valence-corrected chi connectivity index (χ4v) is 3.25. The molecule has 26 heavy (non-hydrogen) atoms. The predicted molar refractivity (Wildman–Crippen MR) is 100 cm³/mol. The van der Waals surface area contributed by atoms with Crippen LogP contribution < -0.4 is 5.32 Å². The number of benzene rings is 1. The van der Waals surface area contributed by atoms with E-state index < -0.39 is 5.97 Å². The Morgan fingerprint density at radius 2 is 1.77 bits per heavy atom. The molecule has 1 amide bonds. The first kappa shape index (κ1) is 19.4. The van der Waals surface area contributed by atoms with Gasteiger partial charge in [-0.05, 0) is 56.9 Å². The second-order valence-corrected chi connectivity index (χ2v) is 6.53. The van der Waals surface area contributed by atoms with Gasteiger partial charge in [0.05, 0.1) is 5.56 Å². The van der Waals surface area contributed by atoms with Crippen LogP contribution in [-0.4, -0.2) is 27.8 Å². The highest BCUT2D eigenvalue weighted by atomic mass is 16.4. The van der Waals surface area contributed by atoms with E-state index in [0.29, 0.717) is 40.2 Å². The second-order valence-electron chi connectivity index (χ2n) is 6.53. The molecule has 138 valence electrons. The van der Waals surface area contributed by atoms with Crippen LogP contribution in [0.5, 0.6) is 0 Å². The molecule has 0 bridgehead atoms. The highest BCUT2D eigenvalue weighted by molar-refractivity contribution is 6.08. The molecule has 6 heteroatoms. The number of aryl methyl sites for hydroxylation is 3. The van der Waals surface area contributed by atoms with Crippen LogP contribution in [0.4, 0.5) is 5.69 Å². The van der Waals surface area contributed by atoms with Crippen molar-refractivity contribution in [2.24, 2.45) is 0 Å². The van der Waals surface area contributed by atoms with Crippen molar-refractivity contribution < 1.29 is 19.5 Å². The zero-order chi connectivity index (χ0) is 19.6. The first-order chi connectivity index (χ1) is 12.2. The lowest BCUT2D eigenvalue weighted by molar-refractivity contribution is 0.0695. The number of aromatic nitrogens is 1. The summed E-state index contributed by atoms with van der Waals surface area (Å²) in [6.45, 7) is 8.76. The van der Waals surface area contributed by atoms with Gasteiger partial charge >= 0.3 is 5.97 Å². The molecule has 1 aromatic heterocycles. The predicted octanol–water partition coefficient (Wildman–Crippen LogP) is 4.05. The van der Waals surface area contributed by atoms with E-state index in [0.717, 1.165) is 12.0 Å². The van der Waals surface area contributed by atoms with Crippen LogP contribution in [0.3, 0.4) is 0 Å². The number of carboxylic acids is 1. The van der Waals surface area contributed by atoms with Gasteiger partial charge < -0.3 is 15.4 Å². The molecule has 1 heterocycles. The van der Waals surface area contributed by atoms with E-state index in [1.807, 2.05) is 13.8 Å². The van der Waals surface area contributed by atoms with Crippen molar-refractivity contribution in [2.75, 3.05) is 5.32 Å². The van der Waals surface area contributed by atoms with Crippen LogP contribution in [0, 0.1) is 20.8 Å². The van der Waals surface area contributed by atoms with E-state index in [-0.39, 0.29) is 17.3 Å². The number of Topliss-reactive ketones (excluding diaryl/α,β-unsaturated/α-hetero) is 1. The third-order valence-corrected chi connectivity index (χ3v) is 4.42. The largest absolute Gasteiger partial charge is 0.478 e. The topological polar surface area (TPSA) is 99.3 Å². The van der Waals surface area contributed by atoms with Crippen molar-refractivity contribution in [3.63, 3.8) is 0 Å². The molecule has 0 saturated heterocycles. The van der Waals surface area contributed by atoms with Crippen LogP contribution in [0.1, 0.15) is 73.9 Å². The number of carbonyl (C=O) groups excluding carboxylic acids is 2.